The van der Waals surface area contributed by atoms with Crippen molar-refractivity contribution in [2.24, 2.45) is 0 Å². The van der Waals surface area contributed by atoms with Gasteiger partial charge in [-0.05, 0) is 13.0 Å². The molecule has 0 saturated heterocycles. The SMILES string of the molecule is Cc1c(N)cc(C(F)(F)F)cc1[N+](=O)[O-]. The van der Waals surface area contributed by atoms with E-state index in [1.807, 2.05) is 0 Å². The smallest absolute Gasteiger partial charge is 0.398 e. The highest BCUT2D eigenvalue weighted by atomic mass is 19.4. The Bertz CT molecular complexity index is 415. The standard InChI is InChI=1S/C8H7F3N2O2/c1-4-6(12)2-5(8(9,10)11)3-7(4)13(14)15/h2-3H,12H2,1H3. The molecule has 0 aliphatic rings. The summed E-state index contributed by atoms with van der Waals surface area (Å²) in [4.78, 5) is 9.55. The number of nitrogens with zero attached hydrogens (tertiary/aromatic N) is 1. The average Bonchev–Trinajstić information content (AvgIpc) is 2.06. The van der Waals surface area contributed by atoms with Crippen LogP contribution < -0.4 is 5.73 Å². The molecule has 0 bridgehead atoms. The van der Waals surface area contributed by atoms with E-state index in [-0.39, 0.29) is 11.3 Å². The van der Waals surface area contributed by atoms with Gasteiger partial charge in [0.05, 0.1) is 10.5 Å². The van der Waals surface area contributed by atoms with Crippen LogP contribution in [0.4, 0.5) is 24.5 Å². The van der Waals surface area contributed by atoms with Crippen molar-refractivity contribution in [1.82, 2.24) is 0 Å². The summed E-state index contributed by atoms with van der Waals surface area (Å²) in [6, 6.07) is 1.16. The Morgan fingerprint density at radius 1 is 1.40 bits per heavy atom. The van der Waals surface area contributed by atoms with Crippen LogP contribution in [0.1, 0.15) is 11.1 Å². The molecule has 0 aliphatic heterocycles. The van der Waals surface area contributed by atoms with Gasteiger partial charge in [-0.15, -0.1) is 0 Å². The van der Waals surface area contributed by atoms with Crippen LogP contribution in [0.3, 0.4) is 0 Å². The maximum atomic E-state index is 12.3. The highest BCUT2D eigenvalue weighted by Gasteiger charge is 2.33. The van der Waals surface area contributed by atoms with Crippen molar-refractivity contribution in [3.8, 4) is 0 Å². The zero-order chi connectivity index (χ0) is 11.8. The third-order valence-electron chi connectivity index (χ3n) is 1.94. The summed E-state index contributed by atoms with van der Waals surface area (Å²) >= 11 is 0. The van der Waals surface area contributed by atoms with Gasteiger partial charge in [0, 0.05) is 17.3 Å². The highest BCUT2D eigenvalue weighted by Crippen LogP contribution is 2.35. The Kier molecular flexibility index (Phi) is 2.57. The maximum Gasteiger partial charge on any atom is 0.416 e. The van der Waals surface area contributed by atoms with E-state index < -0.39 is 22.4 Å². The molecule has 1 rings (SSSR count). The lowest BCUT2D eigenvalue weighted by Crippen LogP contribution is -2.08. The van der Waals surface area contributed by atoms with Gasteiger partial charge in [0.15, 0.2) is 0 Å². The summed E-state index contributed by atoms with van der Waals surface area (Å²) in [6.45, 7) is 1.30. The maximum absolute atomic E-state index is 12.3. The molecular weight excluding hydrogens is 213 g/mol. The van der Waals surface area contributed by atoms with E-state index in [9.17, 15) is 23.3 Å². The number of halogens is 3. The van der Waals surface area contributed by atoms with E-state index in [4.69, 9.17) is 5.73 Å². The number of nitrogens with two attached hydrogens (primary N) is 1. The zero-order valence-electron chi connectivity index (χ0n) is 7.63. The van der Waals surface area contributed by atoms with Crippen LogP contribution in [-0.4, -0.2) is 4.92 Å². The summed E-state index contributed by atoms with van der Waals surface area (Å²) < 4.78 is 36.8. The van der Waals surface area contributed by atoms with E-state index in [1.165, 1.54) is 6.92 Å². The fourth-order valence-electron chi connectivity index (χ4n) is 1.07. The first-order chi connectivity index (χ1) is 6.73. The topological polar surface area (TPSA) is 69.2 Å². The molecule has 1 aromatic rings. The van der Waals surface area contributed by atoms with Gasteiger partial charge < -0.3 is 5.73 Å². The van der Waals surface area contributed by atoms with Gasteiger partial charge in [-0.2, -0.15) is 13.2 Å². The van der Waals surface area contributed by atoms with Crippen molar-refractivity contribution in [1.29, 1.82) is 0 Å². The molecule has 0 radical (unpaired) electrons. The summed E-state index contributed by atoms with van der Waals surface area (Å²) in [5.41, 5.74) is 3.31. The van der Waals surface area contributed by atoms with Crippen molar-refractivity contribution in [2.75, 3.05) is 5.73 Å². The summed E-state index contributed by atoms with van der Waals surface area (Å²) in [6.07, 6.45) is -4.63. The van der Waals surface area contributed by atoms with Gasteiger partial charge in [-0.3, -0.25) is 10.1 Å². The van der Waals surface area contributed by atoms with Gasteiger partial charge in [-0.25, -0.2) is 0 Å². The van der Waals surface area contributed by atoms with Gasteiger partial charge >= 0.3 is 6.18 Å². The van der Waals surface area contributed by atoms with Crippen molar-refractivity contribution in [2.45, 2.75) is 13.1 Å². The van der Waals surface area contributed by atoms with Crippen LogP contribution >= 0.6 is 0 Å². The molecule has 0 aliphatic carbocycles. The predicted octanol–water partition coefficient (Wildman–Crippen LogP) is 2.50. The number of alkyl halides is 3. The summed E-state index contributed by atoms with van der Waals surface area (Å²) in [7, 11) is 0. The minimum absolute atomic E-state index is 0.0352. The van der Waals surface area contributed by atoms with Gasteiger partial charge in [-0.1, -0.05) is 0 Å². The Balaban J connectivity index is 3.43. The molecule has 2 N–H and O–H groups in total. The molecule has 0 fully saturated rings. The van der Waals surface area contributed by atoms with Crippen LogP contribution in [0.25, 0.3) is 0 Å². The number of nitrogen functional groups attached to an aromatic ring is 1. The molecule has 0 saturated carbocycles. The number of anilines is 1. The Morgan fingerprint density at radius 3 is 2.33 bits per heavy atom. The van der Waals surface area contributed by atoms with Gasteiger partial charge in [0.2, 0.25) is 0 Å². The number of hydrogen-bond acceptors (Lipinski definition) is 3. The lowest BCUT2D eigenvalue weighted by Gasteiger charge is -2.09. The summed E-state index contributed by atoms with van der Waals surface area (Å²) in [5.74, 6) is 0. The molecule has 4 nitrogen and oxygen atoms in total. The van der Waals surface area contributed by atoms with Crippen molar-refractivity contribution < 1.29 is 18.1 Å². The van der Waals surface area contributed by atoms with Crippen LogP contribution in [0.15, 0.2) is 12.1 Å². The summed E-state index contributed by atoms with van der Waals surface area (Å²) in [5, 5.41) is 10.4. The third-order valence-corrected chi connectivity index (χ3v) is 1.94. The second-order valence-corrected chi connectivity index (χ2v) is 2.96. The van der Waals surface area contributed by atoms with E-state index in [0.29, 0.717) is 12.1 Å². The Hall–Kier alpha value is -1.79. The van der Waals surface area contributed by atoms with Crippen LogP contribution in [0.2, 0.25) is 0 Å². The second-order valence-electron chi connectivity index (χ2n) is 2.96. The third kappa shape index (κ3) is 2.17. The van der Waals surface area contributed by atoms with E-state index in [2.05, 4.69) is 0 Å². The minimum atomic E-state index is -4.63. The molecule has 0 spiro atoms. The first-order valence-corrected chi connectivity index (χ1v) is 3.85. The van der Waals surface area contributed by atoms with Gasteiger partial charge in [0.1, 0.15) is 0 Å². The molecule has 0 unspecified atom stereocenters. The van der Waals surface area contributed by atoms with Crippen LogP contribution in [0, 0.1) is 17.0 Å². The van der Waals surface area contributed by atoms with Gasteiger partial charge in [0.25, 0.3) is 5.69 Å². The molecule has 82 valence electrons. The second kappa shape index (κ2) is 3.41. The first kappa shape index (κ1) is 11.3. The average molecular weight is 220 g/mol. The van der Waals surface area contributed by atoms with E-state index in [0.717, 1.165) is 0 Å². The molecule has 1 aromatic carbocycles. The largest absolute Gasteiger partial charge is 0.416 e. The normalized spacial score (nSPS) is 11.5. The minimum Gasteiger partial charge on any atom is -0.398 e. The predicted molar refractivity (Wildman–Crippen MR) is 47.2 cm³/mol. The quantitative estimate of drug-likeness (QED) is 0.449. The fourth-order valence-corrected chi connectivity index (χ4v) is 1.07. The number of benzene rings is 1. The molecule has 0 aromatic heterocycles. The monoisotopic (exact) mass is 220 g/mol. The van der Waals surface area contributed by atoms with Crippen molar-refractivity contribution in [3.05, 3.63) is 33.4 Å². The lowest BCUT2D eigenvalue weighted by molar-refractivity contribution is -0.385. The Labute approximate surface area is 82.7 Å². The van der Waals surface area contributed by atoms with E-state index in [1.54, 1.807) is 0 Å². The lowest BCUT2D eigenvalue weighted by atomic mass is 10.1. The van der Waals surface area contributed by atoms with E-state index >= 15 is 0 Å². The molecule has 7 heteroatoms. The van der Waals surface area contributed by atoms with Crippen molar-refractivity contribution >= 4 is 11.4 Å². The zero-order valence-corrected chi connectivity index (χ0v) is 7.63. The highest BCUT2D eigenvalue weighted by molar-refractivity contribution is 5.59. The molecular formula is C8H7F3N2O2. The molecule has 15 heavy (non-hydrogen) atoms. The number of rotatable bonds is 1. The van der Waals surface area contributed by atoms with Crippen LogP contribution in [0.5, 0.6) is 0 Å². The van der Waals surface area contributed by atoms with Crippen LogP contribution in [-0.2, 0) is 6.18 Å². The molecule has 0 heterocycles. The molecule has 0 atom stereocenters. The first-order valence-electron chi connectivity index (χ1n) is 3.85. The number of hydrogen-bond donors (Lipinski definition) is 1. The Morgan fingerprint density at radius 2 is 1.93 bits per heavy atom. The number of nitro benzene ring substituents is 1. The number of nitro groups is 1. The fraction of sp³-hybridized carbons (Fsp3) is 0.250. The molecule has 0 amide bonds. The van der Waals surface area contributed by atoms with Crippen molar-refractivity contribution in [3.63, 3.8) is 0 Å².